The van der Waals surface area contributed by atoms with Crippen LogP contribution in [0.1, 0.15) is 16.1 Å². The van der Waals surface area contributed by atoms with Gasteiger partial charge in [0.2, 0.25) is 0 Å². The molecule has 16 heavy (non-hydrogen) atoms. The topological polar surface area (TPSA) is 42.9 Å². The van der Waals surface area contributed by atoms with E-state index in [4.69, 9.17) is 0 Å². The van der Waals surface area contributed by atoms with Crippen molar-refractivity contribution in [2.24, 2.45) is 0 Å². The minimum absolute atomic E-state index is 0.257. The Morgan fingerprint density at radius 1 is 1.44 bits per heavy atom. The number of aromatic nitrogens is 2. The van der Waals surface area contributed by atoms with E-state index in [0.717, 1.165) is 0 Å². The van der Waals surface area contributed by atoms with E-state index in [1.165, 1.54) is 35.8 Å². The molecular formula is C11H7FN2OS. The van der Waals surface area contributed by atoms with E-state index >= 15 is 0 Å². The molecular weight excluding hydrogens is 227 g/mol. The SMILES string of the molecule is O=C(/C=C/c1csnn1)c1cccc(F)c1. The van der Waals surface area contributed by atoms with Crippen molar-refractivity contribution in [2.75, 3.05) is 0 Å². The van der Waals surface area contributed by atoms with Crippen molar-refractivity contribution in [3.8, 4) is 0 Å². The summed E-state index contributed by atoms with van der Waals surface area (Å²) in [4.78, 5) is 11.6. The molecule has 3 nitrogen and oxygen atoms in total. The van der Waals surface area contributed by atoms with Gasteiger partial charge in [-0.3, -0.25) is 4.79 Å². The van der Waals surface area contributed by atoms with Crippen LogP contribution >= 0.6 is 11.5 Å². The van der Waals surface area contributed by atoms with Crippen LogP contribution in [-0.2, 0) is 0 Å². The summed E-state index contributed by atoms with van der Waals surface area (Å²) < 4.78 is 16.5. The van der Waals surface area contributed by atoms with Gasteiger partial charge >= 0.3 is 0 Å². The molecule has 80 valence electrons. The third kappa shape index (κ3) is 2.58. The number of benzene rings is 1. The smallest absolute Gasteiger partial charge is 0.186 e. The Morgan fingerprint density at radius 2 is 2.31 bits per heavy atom. The Labute approximate surface area is 95.4 Å². The molecule has 0 aliphatic rings. The maximum absolute atomic E-state index is 12.8. The molecule has 1 aromatic carbocycles. The quantitative estimate of drug-likeness (QED) is 0.605. The average Bonchev–Trinajstić information content (AvgIpc) is 2.78. The molecule has 0 radical (unpaired) electrons. The Balaban J connectivity index is 2.15. The van der Waals surface area contributed by atoms with Crippen LogP contribution in [0.2, 0.25) is 0 Å². The highest BCUT2D eigenvalue weighted by molar-refractivity contribution is 7.03. The second-order valence-corrected chi connectivity index (χ2v) is 3.65. The van der Waals surface area contributed by atoms with Crippen LogP contribution < -0.4 is 0 Å². The van der Waals surface area contributed by atoms with Crippen LogP contribution in [0.25, 0.3) is 6.08 Å². The van der Waals surface area contributed by atoms with Crippen molar-refractivity contribution < 1.29 is 9.18 Å². The maximum Gasteiger partial charge on any atom is 0.186 e. The third-order valence-corrected chi connectivity index (χ3v) is 2.41. The van der Waals surface area contributed by atoms with E-state index in [9.17, 15) is 9.18 Å². The van der Waals surface area contributed by atoms with Crippen molar-refractivity contribution in [1.82, 2.24) is 9.59 Å². The number of hydrogen-bond acceptors (Lipinski definition) is 4. The van der Waals surface area contributed by atoms with Gasteiger partial charge in [-0.05, 0) is 35.8 Å². The van der Waals surface area contributed by atoms with Crippen molar-refractivity contribution in [3.63, 3.8) is 0 Å². The number of halogens is 1. The number of rotatable bonds is 3. The van der Waals surface area contributed by atoms with Gasteiger partial charge in [-0.25, -0.2) is 4.39 Å². The predicted octanol–water partition coefficient (Wildman–Crippen LogP) is 2.57. The van der Waals surface area contributed by atoms with Crippen LogP contribution in [0, 0.1) is 5.82 Å². The lowest BCUT2D eigenvalue weighted by Crippen LogP contribution is -1.94. The first kappa shape index (κ1) is 10.6. The van der Waals surface area contributed by atoms with Gasteiger partial charge < -0.3 is 0 Å². The Bertz CT molecular complexity index is 523. The summed E-state index contributed by atoms with van der Waals surface area (Å²) >= 11 is 1.21. The summed E-state index contributed by atoms with van der Waals surface area (Å²) in [5, 5.41) is 5.47. The summed E-state index contributed by atoms with van der Waals surface area (Å²) in [6.07, 6.45) is 2.91. The molecule has 0 saturated heterocycles. The second-order valence-electron chi connectivity index (χ2n) is 3.04. The third-order valence-electron chi connectivity index (χ3n) is 1.89. The number of nitrogens with zero attached hydrogens (tertiary/aromatic N) is 2. The van der Waals surface area contributed by atoms with Crippen molar-refractivity contribution in [2.45, 2.75) is 0 Å². The standard InChI is InChI=1S/C11H7FN2OS/c12-9-3-1-2-8(6-9)11(15)5-4-10-7-16-14-13-10/h1-7H/b5-4+. The lowest BCUT2D eigenvalue weighted by Gasteiger charge is -1.94. The molecule has 0 aliphatic heterocycles. The van der Waals surface area contributed by atoms with Crippen molar-refractivity contribution in [3.05, 3.63) is 52.8 Å². The molecule has 2 rings (SSSR count). The lowest BCUT2D eigenvalue weighted by molar-refractivity contribution is 0.104. The molecule has 5 heteroatoms. The molecule has 0 atom stereocenters. The molecule has 1 aromatic heterocycles. The van der Waals surface area contributed by atoms with E-state index < -0.39 is 5.82 Å². The highest BCUT2D eigenvalue weighted by Crippen LogP contribution is 2.07. The van der Waals surface area contributed by atoms with Crippen LogP contribution in [-0.4, -0.2) is 15.4 Å². The first-order chi connectivity index (χ1) is 7.75. The molecule has 0 amide bonds. The average molecular weight is 234 g/mol. The fraction of sp³-hybridized carbons (Fsp3) is 0. The second kappa shape index (κ2) is 4.76. The Hall–Kier alpha value is -1.88. The largest absolute Gasteiger partial charge is 0.289 e. The maximum atomic E-state index is 12.8. The summed E-state index contributed by atoms with van der Waals surface area (Å²) in [5.41, 5.74) is 0.939. The Kier molecular flexibility index (Phi) is 3.16. The predicted molar refractivity (Wildman–Crippen MR) is 59.7 cm³/mol. The van der Waals surface area contributed by atoms with E-state index in [1.54, 1.807) is 17.5 Å². The van der Waals surface area contributed by atoms with Gasteiger partial charge in [-0.1, -0.05) is 16.6 Å². The highest BCUT2D eigenvalue weighted by atomic mass is 32.1. The summed E-state index contributed by atoms with van der Waals surface area (Å²) in [5.74, 6) is -0.679. The summed E-state index contributed by atoms with van der Waals surface area (Å²) in [6, 6.07) is 5.56. The number of carbonyl (C=O) groups is 1. The van der Waals surface area contributed by atoms with E-state index in [-0.39, 0.29) is 5.78 Å². The van der Waals surface area contributed by atoms with Crippen LogP contribution in [0.5, 0.6) is 0 Å². The molecule has 0 unspecified atom stereocenters. The van der Waals surface area contributed by atoms with E-state index in [1.807, 2.05) is 0 Å². The van der Waals surface area contributed by atoms with E-state index in [0.29, 0.717) is 11.3 Å². The normalized spacial score (nSPS) is 10.8. The number of hydrogen-bond donors (Lipinski definition) is 0. The van der Waals surface area contributed by atoms with Gasteiger partial charge in [-0.15, -0.1) is 5.10 Å². The van der Waals surface area contributed by atoms with Crippen molar-refractivity contribution in [1.29, 1.82) is 0 Å². The zero-order chi connectivity index (χ0) is 11.4. The van der Waals surface area contributed by atoms with E-state index in [2.05, 4.69) is 9.59 Å². The zero-order valence-electron chi connectivity index (χ0n) is 8.13. The fourth-order valence-corrected chi connectivity index (χ4v) is 1.57. The van der Waals surface area contributed by atoms with Gasteiger partial charge in [-0.2, -0.15) is 0 Å². The fourth-order valence-electron chi connectivity index (χ4n) is 1.14. The molecule has 0 saturated carbocycles. The minimum Gasteiger partial charge on any atom is -0.289 e. The molecule has 0 fully saturated rings. The monoisotopic (exact) mass is 234 g/mol. The van der Waals surface area contributed by atoms with Crippen molar-refractivity contribution >= 4 is 23.4 Å². The number of carbonyl (C=O) groups excluding carboxylic acids is 1. The van der Waals surface area contributed by atoms with Crippen LogP contribution in [0.15, 0.2) is 35.7 Å². The summed E-state index contributed by atoms with van der Waals surface area (Å²) in [6.45, 7) is 0. The highest BCUT2D eigenvalue weighted by Gasteiger charge is 2.02. The van der Waals surface area contributed by atoms with Gasteiger partial charge in [0.25, 0.3) is 0 Å². The first-order valence-electron chi connectivity index (χ1n) is 4.51. The number of allylic oxidation sites excluding steroid dienone is 1. The van der Waals surface area contributed by atoms with Gasteiger partial charge in [0.05, 0.1) is 5.69 Å². The van der Waals surface area contributed by atoms with Gasteiger partial charge in [0.15, 0.2) is 5.78 Å². The van der Waals surface area contributed by atoms with Crippen LogP contribution in [0.4, 0.5) is 4.39 Å². The Morgan fingerprint density at radius 3 is 3.00 bits per heavy atom. The summed E-state index contributed by atoms with van der Waals surface area (Å²) in [7, 11) is 0. The minimum atomic E-state index is -0.422. The van der Waals surface area contributed by atoms with Gasteiger partial charge in [0, 0.05) is 10.9 Å². The van der Waals surface area contributed by atoms with Crippen LogP contribution in [0.3, 0.4) is 0 Å². The first-order valence-corrected chi connectivity index (χ1v) is 5.34. The molecule has 2 aromatic rings. The lowest BCUT2D eigenvalue weighted by atomic mass is 10.1. The molecule has 0 bridgehead atoms. The molecule has 0 N–H and O–H groups in total. The van der Waals surface area contributed by atoms with Gasteiger partial charge in [0.1, 0.15) is 5.82 Å². The molecule has 0 aliphatic carbocycles. The molecule has 1 heterocycles. The number of ketones is 1. The zero-order valence-corrected chi connectivity index (χ0v) is 8.95. The molecule has 0 spiro atoms.